The normalized spacial score (nSPS) is 11.2. The van der Waals surface area contributed by atoms with Crippen LogP contribution in [-0.4, -0.2) is 10.5 Å². The molecule has 0 aliphatic heterocycles. The van der Waals surface area contributed by atoms with Crippen LogP contribution in [-0.2, 0) is 0 Å². The number of nitrogens with zero attached hydrogens (tertiary/aromatic N) is 1. The lowest BCUT2D eigenvalue weighted by molar-refractivity contribution is 0.0946. The maximum Gasteiger partial charge on any atom is 0.228 e. The molecule has 17 heavy (non-hydrogen) atoms. The van der Waals surface area contributed by atoms with E-state index in [2.05, 4.69) is 0 Å². The average Bonchev–Trinajstić information content (AvgIpc) is 2.62. The van der Waals surface area contributed by atoms with Gasteiger partial charge in [0.2, 0.25) is 5.91 Å². The summed E-state index contributed by atoms with van der Waals surface area (Å²) in [5, 5.41) is 1.87. The number of aromatic nitrogens is 1. The Morgan fingerprint density at radius 3 is 2.53 bits per heavy atom. The standard InChI is InChI=1S/C14H10FNO/c1-9(17)16-13-5-3-2-4-11(13)12-7-6-10(15)8-14(12)16/h2-8H,1H3. The van der Waals surface area contributed by atoms with Crippen LogP contribution in [0, 0.1) is 5.82 Å². The number of halogens is 1. The molecule has 0 saturated heterocycles. The molecule has 3 aromatic rings. The number of benzene rings is 2. The Bertz CT molecular complexity index is 742. The van der Waals surface area contributed by atoms with Gasteiger partial charge in [-0.05, 0) is 24.3 Å². The summed E-state index contributed by atoms with van der Waals surface area (Å²) in [6.07, 6.45) is 0. The van der Waals surface area contributed by atoms with Crippen molar-refractivity contribution in [3.05, 3.63) is 48.3 Å². The summed E-state index contributed by atoms with van der Waals surface area (Å²) in [5.41, 5.74) is 1.44. The molecule has 0 saturated carbocycles. The van der Waals surface area contributed by atoms with Gasteiger partial charge < -0.3 is 0 Å². The maximum atomic E-state index is 13.3. The lowest BCUT2D eigenvalue weighted by Gasteiger charge is -2.00. The Balaban J connectivity index is 2.62. The molecule has 0 N–H and O–H groups in total. The second kappa shape index (κ2) is 3.42. The molecule has 0 aliphatic carbocycles. The number of carbonyl (C=O) groups is 1. The van der Waals surface area contributed by atoms with Crippen molar-refractivity contribution in [1.82, 2.24) is 4.57 Å². The summed E-state index contributed by atoms with van der Waals surface area (Å²) in [4.78, 5) is 11.7. The van der Waals surface area contributed by atoms with Crippen molar-refractivity contribution in [3.63, 3.8) is 0 Å². The summed E-state index contributed by atoms with van der Waals surface area (Å²) in [6, 6.07) is 12.1. The summed E-state index contributed by atoms with van der Waals surface area (Å²) in [6.45, 7) is 1.48. The Kier molecular flexibility index (Phi) is 2.01. The second-order valence-corrected chi connectivity index (χ2v) is 4.03. The van der Waals surface area contributed by atoms with E-state index in [9.17, 15) is 9.18 Å². The van der Waals surface area contributed by atoms with E-state index in [1.165, 1.54) is 19.1 Å². The Morgan fingerprint density at radius 2 is 1.76 bits per heavy atom. The van der Waals surface area contributed by atoms with Crippen LogP contribution in [0.4, 0.5) is 4.39 Å². The largest absolute Gasteiger partial charge is 0.280 e. The van der Waals surface area contributed by atoms with E-state index >= 15 is 0 Å². The van der Waals surface area contributed by atoms with Gasteiger partial charge in [0.1, 0.15) is 5.82 Å². The van der Waals surface area contributed by atoms with Gasteiger partial charge in [0.15, 0.2) is 0 Å². The summed E-state index contributed by atoms with van der Waals surface area (Å²) >= 11 is 0. The highest BCUT2D eigenvalue weighted by molar-refractivity contribution is 6.12. The monoisotopic (exact) mass is 227 g/mol. The highest BCUT2D eigenvalue weighted by atomic mass is 19.1. The van der Waals surface area contributed by atoms with Crippen molar-refractivity contribution < 1.29 is 9.18 Å². The van der Waals surface area contributed by atoms with Crippen LogP contribution >= 0.6 is 0 Å². The third-order valence-corrected chi connectivity index (χ3v) is 2.95. The van der Waals surface area contributed by atoms with E-state index in [1.807, 2.05) is 24.3 Å². The van der Waals surface area contributed by atoms with Crippen molar-refractivity contribution in [1.29, 1.82) is 0 Å². The molecule has 2 nitrogen and oxygen atoms in total. The fraction of sp³-hybridized carbons (Fsp3) is 0.0714. The number of hydrogen-bond acceptors (Lipinski definition) is 1. The molecule has 2 aromatic carbocycles. The first-order valence-electron chi connectivity index (χ1n) is 5.38. The fourth-order valence-electron chi connectivity index (χ4n) is 2.28. The number of rotatable bonds is 0. The van der Waals surface area contributed by atoms with Crippen LogP contribution in [0.3, 0.4) is 0 Å². The second-order valence-electron chi connectivity index (χ2n) is 4.03. The van der Waals surface area contributed by atoms with Crippen LogP contribution in [0.25, 0.3) is 21.8 Å². The van der Waals surface area contributed by atoms with Crippen LogP contribution < -0.4 is 0 Å². The molecule has 1 heterocycles. The van der Waals surface area contributed by atoms with E-state index in [1.54, 1.807) is 10.6 Å². The molecule has 0 radical (unpaired) electrons. The Hall–Kier alpha value is -2.16. The number of hydrogen-bond donors (Lipinski definition) is 0. The van der Waals surface area contributed by atoms with Gasteiger partial charge in [-0.25, -0.2) is 4.39 Å². The van der Waals surface area contributed by atoms with Gasteiger partial charge in [-0.3, -0.25) is 9.36 Å². The van der Waals surface area contributed by atoms with Gasteiger partial charge in [-0.15, -0.1) is 0 Å². The first-order valence-corrected chi connectivity index (χ1v) is 5.38. The third kappa shape index (κ3) is 1.35. The van der Waals surface area contributed by atoms with E-state index in [-0.39, 0.29) is 11.7 Å². The van der Waals surface area contributed by atoms with E-state index < -0.39 is 0 Å². The lowest BCUT2D eigenvalue weighted by atomic mass is 10.1. The zero-order valence-electron chi connectivity index (χ0n) is 9.27. The topological polar surface area (TPSA) is 22.0 Å². The SMILES string of the molecule is CC(=O)n1c2ccccc2c2ccc(F)cc21. The van der Waals surface area contributed by atoms with Crippen molar-refractivity contribution in [2.45, 2.75) is 6.92 Å². The smallest absolute Gasteiger partial charge is 0.228 e. The molecule has 0 atom stereocenters. The van der Waals surface area contributed by atoms with Crippen LogP contribution in [0.1, 0.15) is 11.7 Å². The molecular weight excluding hydrogens is 217 g/mol. The molecular formula is C14H10FNO. The molecule has 1 aromatic heterocycles. The zero-order chi connectivity index (χ0) is 12.0. The molecule has 0 spiro atoms. The van der Waals surface area contributed by atoms with Crippen molar-refractivity contribution in [2.24, 2.45) is 0 Å². The minimum atomic E-state index is -0.331. The van der Waals surface area contributed by atoms with Crippen molar-refractivity contribution in [3.8, 4) is 0 Å². The Morgan fingerprint density at radius 1 is 1.06 bits per heavy atom. The predicted octanol–water partition coefficient (Wildman–Crippen LogP) is 3.59. The first-order chi connectivity index (χ1) is 8.18. The summed E-state index contributed by atoms with van der Waals surface area (Å²) < 4.78 is 14.8. The lowest BCUT2D eigenvalue weighted by Crippen LogP contribution is -2.04. The minimum absolute atomic E-state index is 0.109. The van der Waals surface area contributed by atoms with Crippen LogP contribution in [0.15, 0.2) is 42.5 Å². The highest BCUT2D eigenvalue weighted by Gasteiger charge is 2.12. The molecule has 0 aliphatic rings. The van der Waals surface area contributed by atoms with Gasteiger partial charge in [0, 0.05) is 17.7 Å². The van der Waals surface area contributed by atoms with Crippen LogP contribution in [0.2, 0.25) is 0 Å². The fourth-order valence-corrected chi connectivity index (χ4v) is 2.28. The van der Waals surface area contributed by atoms with Gasteiger partial charge in [-0.2, -0.15) is 0 Å². The third-order valence-electron chi connectivity index (χ3n) is 2.95. The van der Waals surface area contributed by atoms with Crippen LogP contribution in [0.5, 0.6) is 0 Å². The molecule has 0 amide bonds. The Labute approximate surface area is 97.3 Å². The van der Waals surface area contributed by atoms with Gasteiger partial charge in [0.25, 0.3) is 0 Å². The predicted molar refractivity (Wildman–Crippen MR) is 65.7 cm³/mol. The van der Waals surface area contributed by atoms with Gasteiger partial charge >= 0.3 is 0 Å². The average molecular weight is 227 g/mol. The summed E-state index contributed by atoms with van der Waals surface area (Å²) in [5.74, 6) is -0.440. The molecule has 0 unspecified atom stereocenters. The molecule has 3 rings (SSSR count). The summed E-state index contributed by atoms with van der Waals surface area (Å²) in [7, 11) is 0. The number of fused-ring (bicyclic) bond motifs is 3. The number of para-hydroxylation sites is 1. The van der Waals surface area contributed by atoms with E-state index in [0.717, 1.165) is 16.3 Å². The molecule has 0 fully saturated rings. The first kappa shape index (κ1) is 10.0. The molecule has 84 valence electrons. The van der Waals surface area contributed by atoms with Gasteiger partial charge in [0.05, 0.1) is 11.0 Å². The zero-order valence-corrected chi connectivity index (χ0v) is 9.27. The highest BCUT2D eigenvalue weighted by Crippen LogP contribution is 2.29. The quantitative estimate of drug-likeness (QED) is 0.575. The van der Waals surface area contributed by atoms with E-state index in [4.69, 9.17) is 0 Å². The minimum Gasteiger partial charge on any atom is -0.280 e. The van der Waals surface area contributed by atoms with E-state index in [0.29, 0.717) is 5.52 Å². The molecule has 3 heteroatoms. The molecule has 0 bridgehead atoms. The maximum absolute atomic E-state index is 13.3. The van der Waals surface area contributed by atoms with Crippen molar-refractivity contribution in [2.75, 3.05) is 0 Å². The number of carbonyl (C=O) groups excluding carboxylic acids is 1. The van der Waals surface area contributed by atoms with Crippen molar-refractivity contribution >= 4 is 27.7 Å². The van der Waals surface area contributed by atoms with Gasteiger partial charge in [-0.1, -0.05) is 18.2 Å².